The van der Waals surface area contributed by atoms with Crippen molar-refractivity contribution in [1.82, 2.24) is 14.7 Å². The Morgan fingerprint density at radius 2 is 2.00 bits per heavy atom. The number of alkyl halides is 3. The second kappa shape index (κ2) is 6.14. The van der Waals surface area contributed by atoms with Crippen LogP contribution in [0.5, 0.6) is 0 Å². The van der Waals surface area contributed by atoms with Gasteiger partial charge in [-0.15, -0.1) is 0 Å². The van der Waals surface area contributed by atoms with E-state index < -0.39 is 28.9 Å². The number of hydrogen-bond donors (Lipinski definition) is 1. The largest absolute Gasteiger partial charge is 0.436 e. The molecule has 2 aliphatic rings. The summed E-state index contributed by atoms with van der Waals surface area (Å²) in [4.78, 5) is 14.1. The predicted octanol–water partition coefficient (Wildman–Crippen LogP) is 2.09. The lowest BCUT2D eigenvalue weighted by molar-refractivity contribution is -0.199. The summed E-state index contributed by atoms with van der Waals surface area (Å²) in [5.74, 6) is -0.590. The molecule has 2 heterocycles. The Balaban J connectivity index is 1.77. The van der Waals surface area contributed by atoms with Crippen LogP contribution >= 0.6 is 11.6 Å². The van der Waals surface area contributed by atoms with E-state index in [1.807, 2.05) is 0 Å². The Morgan fingerprint density at radius 1 is 1.40 bits per heavy atom. The van der Waals surface area contributed by atoms with Gasteiger partial charge in [0.15, 0.2) is 5.69 Å². The van der Waals surface area contributed by atoms with Crippen molar-refractivity contribution in [2.75, 3.05) is 20.2 Å². The fraction of sp³-hybridized carbons (Fsp3) is 0.733. The normalized spacial score (nSPS) is 26.0. The summed E-state index contributed by atoms with van der Waals surface area (Å²) in [5.41, 5.74) is -1.91. The lowest BCUT2D eigenvalue weighted by Crippen LogP contribution is -2.62. The molecule has 3 rings (SSSR count). The van der Waals surface area contributed by atoms with Gasteiger partial charge in [0.2, 0.25) is 0 Å². The molecule has 140 valence electrons. The van der Waals surface area contributed by atoms with E-state index in [0.29, 0.717) is 32.4 Å². The Kier molecular flexibility index (Phi) is 4.53. The first-order valence-corrected chi connectivity index (χ1v) is 8.29. The molecule has 1 aromatic heterocycles. The van der Waals surface area contributed by atoms with E-state index >= 15 is 0 Å². The minimum Gasteiger partial charge on any atom is -0.392 e. The lowest BCUT2D eigenvalue weighted by Gasteiger charge is -2.56. The molecule has 1 N–H and O–H groups in total. The van der Waals surface area contributed by atoms with Gasteiger partial charge < -0.3 is 14.7 Å². The van der Waals surface area contributed by atoms with Crippen molar-refractivity contribution in [1.29, 1.82) is 0 Å². The van der Waals surface area contributed by atoms with Crippen LogP contribution in [0.1, 0.15) is 35.4 Å². The number of aliphatic hydroxyl groups excluding tert-OH is 1. The quantitative estimate of drug-likeness (QED) is 0.852. The van der Waals surface area contributed by atoms with Crippen molar-refractivity contribution in [2.45, 2.75) is 37.6 Å². The van der Waals surface area contributed by atoms with Crippen LogP contribution in [-0.2, 0) is 18.0 Å². The number of ether oxygens (including phenoxy) is 1. The third-order valence-corrected chi connectivity index (χ3v) is 5.83. The highest BCUT2D eigenvalue weighted by Gasteiger charge is 2.56. The Morgan fingerprint density at radius 3 is 2.44 bits per heavy atom. The van der Waals surface area contributed by atoms with E-state index in [2.05, 4.69) is 5.10 Å². The first-order chi connectivity index (χ1) is 11.6. The molecule has 0 radical (unpaired) electrons. The zero-order chi connectivity index (χ0) is 18.6. The maximum Gasteiger partial charge on any atom is 0.436 e. The highest BCUT2D eigenvalue weighted by Crippen LogP contribution is 2.51. The number of amides is 1. The van der Waals surface area contributed by atoms with E-state index in [-0.39, 0.29) is 17.2 Å². The van der Waals surface area contributed by atoms with Gasteiger partial charge in [-0.1, -0.05) is 11.6 Å². The topological polar surface area (TPSA) is 67.6 Å². The van der Waals surface area contributed by atoms with Crippen molar-refractivity contribution < 1.29 is 27.8 Å². The summed E-state index contributed by atoms with van der Waals surface area (Å²) >= 11 is 5.78. The Bertz CT molecular complexity index is 684. The maximum atomic E-state index is 12.9. The van der Waals surface area contributed by atoms with Gasteiger partial charge in [-0.05, 0) is 12.8 Å². The van der Waals surface area contributed by atoms with E-state index in [1.54, 1.807) is 7.11 Å². The molecule has 1 saturated heterocycles. The molecule has 1 aromatic rings. The number of aryl methyl sites for hydroxylation is 1. The van der Waals surface area contributed by atoms with Gasteiger partial charge in [-0.25, -0.2) is 0 Å². The molecule has 2 atom stereocenters. The van der Waals surface area contributed by atoms with Crippen molar-refractivity contribution in [3.63, 3.8) is 0 Å². The molecule has 1 spiro atoms. The number of likely N-dealkylation sites (tertiary alicyclic amines) is 1. The predicted molar refractivity (Wildman–Crippen MR) is 82.2 cm³/mol. The molecule has 0 bridgehead atoms. The smallest absolute Gasteiger partial charge is 0.392 e. The summed E-state index contributed by atoms with van der Waals surface area (Å²) < 4.78 is 45.0. The van der Waals surface area contributed by atoms with Crippen molar-refractivity contribution in [2.24, 2.45) is 12.5 Å². The SMILES string of the molecule is CO[C@H]1C[C@@H](O)C12CCN(C(=O)c1c(Cl)c(C(F)(F)F)nn1C)CC2. The van der Waals surface area contributed by atoms with Crippen LogP contribution in [0.4, 0.5) is 13.2 Å². The van der Waals surface area contributed by atoms with Gasteiger partial charge in [-0.2, -0.15) is 18.3 Å². The van der Waals surface area contributed by atoms with Gasteiger partial charge in [0.25, 0.3) is 5.91 Å². The molecule has 1 aliphatic heterocycles. The summed E-state index contributed by atoms with van der Waals surface area (Å²) in [6.07, 6.45) is -3.64. The van der Waals surface area contributed by atoms with Gasteiger partial charge >= 0.3 is 6.18 Å². The molecular formula is C15H19ClF3N3O3. The minimum absolute atomic E-state index is 0.0584. The number of rotatable bonds is 2. The van der Waals surface area contributed by atoms with Crippen LogP contribution in [0.15, 0.2) is 0 Å². The zero-order valence-electron chi connectivity index (χ0n) is 13.8. The van der Waals surface area contributed by atoms with E-state index in [4.69, 9.17) is 16.3 Å². The highest BCUT2D eigenvalue weighted by molar-refractivity contribution is 6.34. The number of methoxy groups -OCH3 is 1. The average Bonchev–Trinajstić information content (AvgIpc) is 2.86. The molecule has 1 saturated carbocycles. The number of nitrogens with zero attached hydrogens (tertiary/aromatic N) is 3. The summed E-state index contributed by atoms with van der Waals surface area (Å²) in [6.45, 7) is 0.636. The third kappa shape index (κ3) is 2.82. The lowest BCUT2D eigenvalue weighted by atomic mass is 9.58. The summed E-state index contributed by atoms with van der Waals surface area (Å²) in [5, 5.41) is 12.8. The van der Waals surface area contributed by atoms with Gasteiger partial charge in [-0.3, -0.25) is 9.48 Å². The highest BCUT2D eigenvalue weighted by atomic mass is 35.5. The number of carbonyl (C=O) groups excluding carboxylic acids is 1. The van der Waals surface area contributed by atoms with E-state index in [1.165, 1.54) is 11.9 Å². The number of aromatic nitrogens is 2. The first kappa shape index (κ1) is 18.5. The Labute approximate surface area is 147 Å². The second-order valence-electron chi connectivity index (χ2n) is 6.63. The number of carbonyl (C=O) groups is 1. The standard InChI is InChI=1S/C15H19ClF3N3O3/c1-21-11(10(16)12(20-21)15(17,18)19)13(24)22-5-3-14(4-6-22)8(23)7-9(14)25-2/h8-9,23H,3-7H2,1-2H3/t8-,9+/m1/s1. The fourth-order valence-corrected chi connectivity index (χ4v) is 4.25. The molecule has 6 nitrogen and oxygen atoms in total. The number of halogens is 4. The van der Waals surface area contributed by atoms with Crippen molar-refractivity contribution >= 4 is 17.5 Å². The maximum absolute atomic E-state index is 12.9. The molecule has 25 heavy (non-hydrogen) atoms. The minimum atomic E-state index is -4.72. The van der Waals surface area contributed by atoms with Gasteiger partial charge in [0, 0.05) is 39.1 Å². The van der Waals surface area contributed by atoms with Gasteiger partial charge in [0.05, 0.1) is 12.2 Å². The number of aliphatic hydroxyl groups is 1. The molecule has 1 aliphatic carbocycles. The Hall–Kier alpha value is -1.32. The molecule has 2 fully saturated rings. The average molecular weight is 382 g/mol. The zero-order valence-corrected chi connectivity index (χ0v) is 14.6. The third-order valence-electron chi connectivity index (χ3n) is 5.47. The van der Waals surface area contributed by atoms with Gasteiger partial charge in [0.1, 0.15) is 10.7 Å². The summed E-state index contributed by atoms with van der Waals surface area (Å²) in [6, 6.07) is 0. The number of hydrogen-bond acceptors (Lipinski definition) is 4. The number of piperidine rings is 1. The van der Waals surface area contributed by atoms with Crippen LogP contribution in [-0.4, -0.2) is 58.1 Å². The van der Waals surface area contributed by atoms with E-state index in [9.17, 15) is 23.1 Å². The van der Waals surface area contributed by atoms with Crippen LogP contribution in [0.2, 0.25) is 5.02 Å². The second-order valence-corrected chi connectivity index (χ2v) is 7.01. The molecular weight excluding hydrogens is 363 g/mol. The molecule has 1 amide bonds. The fourth-order valence-electron chi connectivity index (χ4n) is 3.90. The first-order valence-electron chi connectivity index (χ1n) is 7.91. The van der Waals surface area contributed by atoms with E-state index in [0.717, 1.165) is 4.68 Å². The molecule has 10 heteroatoms. The molecule has 0 aromatic carbocycles. The van der Waals surface area contributed by atoms with Crippen molar-refractivity contribution in [3.05, 3.63) is 16.4 Å². The van der Waals surface area contributed by atoms with Crippen LogP contribution in [0.25, 0.3) is 0 Å². The van der Waals surface area contributed by atoms with Crippen LogP contribution in [0, 0.1) is 5.41 Å². The molecule has 0 unspecified atom stereocenters. The summed E-state index contributed by atoms with van der Waals surface area (Å²) in [7, 11) is 2.85. The van der Waals surface area contributed by atoms with Crippen molar-refractivity contribution in [3.8, 4) is 0 Å². The monoisotopic (exact) mass is 381 g/mol. The van der Waals surface area contributed by atoms with Crippen LogP contribution < -0.4 is 0 Å². The van der Waals surface area contributed by atoms with Crippen LogP contribution in [0.3, 0.4) is 0 Å².